The maximum absolute atomic E-state index is 12.5. The van der Waals surface area contributed by atoms with Gasteiger partial charge in [0.1, 0.15) is 0 Å². The van der Waals surface area contributed by atoms with E-state index in [1.165, 1.54) is 17.3 Å². The standard InChI is InChI=1S/C23H19Cl2N3OS/c1-13-7-4-5-10-19(13)28-14(2)11-16(15(28)3)12-20-22(29)27-23(30-20)26-18-9-6-8-17(24)21(18)25/h4-12H,1-3H3,(H,26,27,29)/b20-12-. The minimum atomic E-state index is -0.183. The van der Waals surface area contributed by atoms with Crippen molar-refractivity contribution in [3.05, 3.63) is 86.0 Å². The van der Waals surface area contributed by atoms with E-state index in [1.807, 2.05) is 18.2 Å². The predicted octanol–water partition coefficient (Wildman–Crippen LogP) is 6.60. The van der Waals surface area contributed by atoms with Crippen molar-refractivity contribution in [1.29, 1.82) is 0 Å². The second kappa shape index (κ2) is 8.34. The van der Waals surface area contributed by atoms with Gasteiger partial charge in [-0.1, -0.05) is 47.5 Å². The molecule has 1 aliphatic rings. The van der Waals surface area contributed by atoms with Crippen LogP contribution in [0.1, 0.15) is 22.5 Å². The largest absolute Gasteiger partial charge is 0.318 e. The molecule has 0 radical (unpaired) electrons. The molecule has 1 aliphatic heterocycles. The van der Waals surface area contributed by atoms with Crippen LogP contribution in [0.5, 0.6) is 0 Å². The fourth-order valence-electron chi connectivity index (χ4n) is 3.43. The van der Waals surface area contributed by atoms with Crippen molar-refractivity contribution in [3.63, 3.8) is 0 Å². The van der Waals surface area contributed by atoms with Crippen molar-refractivity contribution < 1.29 is 4.79 Å². The molecule has 1 amide bonds. The van der Waals surface area contributed by atoms with Crippen LogP contribution < -0.4 is 5.32 Å². The molecular formula is C23H19Cl2N3OS. The second-order valence-corrected chi connectivity index (χ2v) is 8.82. The Morgan fingerprint density at radius 1 is 1.07 bits per heavy atom. The summed E-state index contributed by atoms with van der Waals surface area (Å²) in [5, 5.41) is 4.06. The van der Waals surface area contributed by atoms with Crippen molar-refractivity contribution in [1.82, 2.24) is 9.88 Å². The molecule has 152 valence electrons. The zero-order valence-corrected chi connectivity index (χ0v) is 19.0. The summed E-state index contributed by atoms with van der Waals surface area (Å²) in [4.78, 5) is 17.5. The number of hydrogen-bond acceptors (Lipinski definition) is 3. The average Bonchev–Trinajstić information content (AvgIpc) is 3.18. The lowest BCUT2D eigenvalue weighted by molar-refractivity contribution is -0.115. The number of benzene rings is 2. The van der Waals surface area contributed by atoms with E-state index in [-0.39, 0.29) is 5.91 Å². The third kappa shape index (κ3) is 3.93. The molecule has 1 aromatic heterocycles. The van der Waals surface area contributed by atoms with Crippen LogP contribution in [0, 0.1) is 20.8 Å². The zero-order valence-electron chi connectivity index (χ0n) is 16.7. The van der Waals surface area contributed by atoms with E-state index < -0.39 is 0 Å². The van der Waals surface area contributed by atoms with Crippen LogP contribution in [0.4, 0.5) is 5.69 Å². The minimum absolute atomic E-state index is 0.183. The van der Waals surface area contributed by atoms with Gasteiger partial charge in [-0.25, -0.2) is 4.99 Å². The highest BCUT2D eigenvalue weighted by Gasteiger charge is 2.25. The molecule has 30 heavy (non-hydrogen) atoms. The van der Waals surface area contributed by atoms with Gasteiger partial charge in [-0.15, -0.1) is 0 Å². The SMILES string of the molecule is Cc1ccccc1-n1c(C)cc(/C=C2\SC(=Nc3cccc(Cl)c3Cl)NC2=O)c1C. The molecular weight excluding hydrogens is 437 g/mol. The first kappa shape index (κ1) is 20.8. The van der Waals surface area contributed by atoms with Gasteiger partial charge in [-0.05, 0) is 74.0 Å². The Bertz CT molecular complexity index is 1230. The van der Waals surface area contributed by atoms with Gasteiger partial charge in [0, 0.05) is 17.1 Å². The van der Waals surface area contributed by atoms with Crippen LogP contribution in [0.2, 0.25) is 10.0 Å². The summed E-state index contributed by atoms with van der Waals surface area (Å²) in [7, 11) is 0. The molecule has 3 aromatic rings. The number of aliphatic imine (C=N–C) groups is 1. The molecule has 0 spiro atoms. The van der Waals surface area contributed by atoms with Crippen molar-refractivity contribution in [2.45, 2.75) is 20.8 Å². The maximum Gasteiger partial charge on any atom is 0.264 e. The molecule has 0 bridgehead atoms. The van der Waals surface area contributed by atoms with E-state index in [4.69, 9.17) is 23.2 Å². The normalized spacial score (nSPS) is 16.5. The number of amidine groups is 1. The van der Waals surface area contributed by atoms with Gasteiger partial charge in [-0.2, -0.15) is 0 Å². The van der Waals surface area contributed by atoms with Crippen molar-refractivity contribution in [2.24, 2.45) is 4.99 Å². The summed E-state index contributed by atoms with van der Waals surface area (Å²) in [6, 6.07) is 15.6. The third-order valence-electron chi connectivity index (χ3n) is 4.92. The van der Waals surface area contributed by atoms with Crippen molar-refractivity contribution in [3.8, 4) is 5.69 Å². The first-order valence-electron chi connectivity index (χ1n) is 9.33. The summed E-state index contributed by atoms with van der Waals surface area (Å²) in [5.41, 5.74) is 6.03. The Balaban J connectivity index is 1.67. The number of nitrogens with one attached hydrogen (secondary N) is 1. The van der Waals surface area contributed by atoms with E-state index in [2.05, 4.69) is 53.8 Å². The molecule has 4 rings (SSSR count). The summed E-state index contributed by atoms with van der Waals surface area (Å²) >= 11 is 13.5. The predicted molar refractivity (Wildman–Crippen MR) is 127 cm³/mol. The first-order chi connectivity index (χ1) is 14.3. The number of para-hydroxylation sites is 1. The Kier molecular flexibility index (Phi) is 5.78. The number of thioether (sulfide) groups is 1. The van der Waals surface area contributed by atoms with Crippen LogP contribution in [0.15, 0.2) is 58.4 Å². The number of aromatic nitrogens is 1. The molecule has 2 heterocycles. The second-order valence-electron chi connectivity index (χ2n) is 7.00. The Labute approximate surface area is 189 Å². The van der Waals surface area contributed by atoms with Gasteiger partial charge in [0.2, 0.25) is 0 Å². The Morgan fingerprint density at radius 2 is 1.83 bits per heavy atom. The number of nitrogens with zero attached hydrogens (tertiary/aromatic N) is 2. The molecule has 0 saturated carbocycles. The van der Waals surface area contributed by atoms with Crippen molar-refractivity contribution in [2.75, 3.05) is 0 Å². The lowest BCUT2D eigenvalue weighted by Gasteiger charge is -2.12. The minimum Gasteiger partial charge on any atom is -0.318 e. The number of hydrogen-bond donors (Lipinski definition) is 1. The van der Waals surface area contributed by atoms with E-state index in [1.54, 1.807) is 18.2 Å². The summed E-state index contributed by atoms with van der Waals surface area (Å²) in [6.07, 6.45) is 1.90. The Morgan fingerprint density at radius 3 is 2.60 bits per heavy atom. The average molecular weight is 456 g/mol. The van der Waals surface area contributed by atoms with Crippen LogP contribution in [0.3, 0.4) is 0 Å². The first-order valence-corrected chi connectivity index (χ1v) is 10.9. The lowest BCUT2D eigenvalue weighted by atomic mass is 10.2. The molecule has 1 saturated heterocycles. The number of halogens is 2. The van der Waals surface area contributed by atoms with Crippen molar-refractivity contribution >= 4 is 57.8 Å². The molecule has 2 aromatic carbocycles. The lowest BCUT2D eigenvalue weighted by Crippen LogP contribution is -2.19. The van der Waals surface area contributed by atoms with E-state index in [0.717, 1.165) is 22.6 Å². The van der Waals surface area contributed by atoms with Crippen LogP contribution in [-0.2, 0) is 4.79 Å². The number of carbonyl (C=O) groups is 1. The van der Waals surface area contributed by atoms with E-state index in [9.17, 15) is 4.79 Å². The van der Waals surface area contributed by atoms with Crippen LogP contribution >= 0.6 is 35.0 Å². The fourth-order valence-corrected chi connectivity index (χ4v) is 4.59. The molecule has 7 heteroatoms. The maximum atomic E-state index is 12.5. The summed E-state index contributed by atoms with van der Waals surface area (Å²) in [6.45, 7) is 6.22. The quantitative estimate of drug-likeness (QED) is 0.452. The highest BCUT2D eigenvalue weighted by Crippen LogP contribution is 2.35. The monoisotopic (exact) mass is 455 g/mol. The number of aryl methyl sites for hydroxylation is 2. The van der Waals surface area contributed by atoms with Gasteiger partial charge in [-0.3, -0.25) is 4.79 Å². The highest BCUT2D eigenvalue weighted by molar-refractivity contribution is 8.18. The number of amides is 1. The third-order valence-corrected chi connectivity index (χ3v) is 6.64. The number of carbonyl (C=O) groups excluding carboxylic acids is 1. The van der Waals surface area contributed by atoms with Gasteiger partial charge >= 0.3 is 0 Å². The summed E-state index contributed by atoms with van der Waals surface area (Å²) in [5.74, 6) is -0.183. The van der Waals surface area contributed by atoms with Gasteiger partial charge in [0.15, 0.2) is 5.17 Å². The molecule has 0 aliphatic carbocycles. The number of rotatable bonds is 3. The van der Waals surface area contributed by atoms with Gasteiger partial charge in [0.05, 0.1) is 20.6 Å². The molecule has 1 fully saturated rings. The van der Waals surface area contributed by atoms with Gasteiger partial charge < -0.3 is 9.88 Å². The van der Waals surface area contributed by atoms with Gasteiger partial charge in [0.25, 0.3) is 5.91 Å². The fraction of sp³-hybridized carbons (Fsp3) is 0.130. The zero-order chi connectivity index (χ0) is 21.4. The molecule has 1 N–H and O–H groups in total. The molecule has 4 nitrogen and oxygen atoms in total. The molecule has 0 atom stereocenters. The van der Waals surface area contributed by atoms with Crippen LogP contribution in [-0.4, -0.2) is 15.6 Å². The Hall–Kier alpha value is -2.47. The topological polar surface area (TPSA) is 46.4 Å². The smallest absolute Gasteiger partial charge is 0.264 e. The molecule has 0 unspecified atom stereocenters. The summed E-state index contributed by atoms with van der Waals surface area (Å²) < 4.78 is 2.21. The van der Waals surface area contributed by atoms with E-state index in [0.29, 0.717) is 25.8 Å². The highest BCUT2D eigenvalue weighted by atomic mass is 35.5. The van der Waals surface area contributed by atoms with E-state index >= 15 is 0 Å². The van der Waals surface area contributed by atoms with Crippen LogP contribution in [0.25, 0.3) is 11.8 Å².